The van der Waals surface area contributed by atoms with Gasteiger partial charge in [0.1, 0.15) is 0 Å². The van der Waals surface area contributed by atoms with Crippen LogP contribution in [-0.2, 0) is 16.0 Å². The van der Waals surface area contributed by atoms with Gasteiger partial charge in [-0.2, -0.15) is 0 Å². The van der Waals surface area contributed by atoms with Crippen LogP contribution in [-0.4, -0.2) is 46.0 Å². The third-order valence-electron chi connectivity index (χ3n) is 3.42. The second-order valence-corrected chi connectivity index (χ2v) is 7.76. The first kappa shape index (κ1) is 17.7. The molecule has 0 bridgehead atoms. The van der Waals surface area contributed by atoms with Crippen molar-refractivity contribution in [1.82, 2.24) is 10.6 Å². The molecule has 1 aromatic rings. The molecule has 0 aromatic carbocycles. The average molecular weight is 390 g/mol. The van der Waals surface area contributed by atoms with E-state index in [0.717, 1.165) is 62.1 Å². The highest BCUT2D eigenvalue weighted by Gasteiger charge is 2.15. The molecule has 2 heterocycles. The van der Waals surface area contributed by atoms with E-state index in [0.29, 0.717) is 5.92 Å². The number of ether oxygens (including phenoxy) is 2. The van der Waals surface area contributed by atoms with Gasteiger partial charge in [-0.25, -0.2) is 0 Å². The second-order valence-electron chi connectivity index (χ2n) is 5.22. The van der Waals surface area contributed by atoms with Gasteiger partial charge < -0.3 is 20.1 Å². The summed E-state index contributed by atoms with van der Waals surface area (Å²) in [5, 5.41) is 6.61. The van der Waals surface area contributed by atoms with Crippen LogP contribution in [0.4, 0.5) is 0 Å². The van der Waals surface area contributed by atoms with Crippen LogP contribution in [0, 0.1) is 5.92 Å². The first-order chi connectivity index (χ1) is 10.8. The molecule has 22 heavy (non-hydrogen) atoms. The number of rotatable bonds is 8. The molecule has 2 rings (SSSR count). The number of aliphatic imine (C=N–C) groups is 1. The predicted molar refractivity (Wildman–Crippen MR) is 94.6 cm³/mol. The third kappa shape index (κ3) is 6.64. The Labute approximate surface area is 144 Å². The number of nitrogens with zero attached hydrogens (tertiary/aromatic N) is 1. The van der Waals surface area contributed by atoms with Gasteiger partial charge in [0, 0.05) is 37.6 Å². The van der Waals surface area contributed by atoms with Crippen LogP contribution in [0.3, 0.4) is 0 Å². The molecule has 1 saturated heterocycles. The van der Waals surface area contributed by atoms with Crippen molar-refractivity contribution in [3.8, 4) is 0 Å². The Morgan fingerprint density at radius 3 is 3.09 bits per heavy atom. The molecule has 2 N–H and O–H groups in total. The lowest BCUT2D eigenvalue weighted by molar-refractivity contribution is 0.0888. The number of hydrogen-bond acceptors (Lipinski definition) is 4. The Kier molecular flexibility index (Phi) is 8.22. The number of hydrogen-bond donors (Lipinski definition) is 2. The van der Waals surface area contributed by atoms with Gasteiger partial charge in [0.25, 0.3) is 0 Å². The van der Waals surface area contributed by atoms with Crippen molar-refractivity contribution in [3.05, 3.63) is 20.8 Å². The maximum Gasteiger partial charge on any atom is 0.191 e. The monoisotopic (exact) mass is 389 g/mol. The van der Waals surface area contributed by atoms with E-state index in [-0.39, 0.29) is 0 Å². The quantitative estimate of drug-likeness (QED) is 0.407. The van der Waals surface area contributed by atoms with Gasteiger partial charge in [-0.15, -0.1) is 11.3 Å². The van der Waals surface area contributed by atoms with E-state index in [4.69, 9.17) is 9.47 Å². The average Bonchev–Trinajstić information content (AvgIpc) is 3.17. The summed E-state index contributed by atoms with van der Waals surface area (Å²) in [5.74, 6) is 1.42. The summed E-state index contributed by atoms with van der Waals surface area (Å²) in [6.07, 6.45) is 2.10. The van der Waals surface area contributed by atoms with E-state index < -0.39 is 0 Å². The zero-order valence-corrected chi connectivity index (χ0v) is 15.3. The van der Waals surface area contributed by atoms with Crippen molar-refractivity contribution in [1.29, 1.82) is 0 Å². The normalized spacial score (nSPS) is 18.6. The fourth-order valence-corrected chi connectivity index (χ4v) is 3.61. The summed E-state index contributed by atoms with van der Waals surface area (Å²) in [6.45, 7) is 4.98. The molecule has 1 atom stereocenters. The van der Waals surface area contributed by atoms with Crippen LogP contribution in [0.25, 0.3) is 0 Å². The van der Waals surface area contributed by atoms with Crippen molar-refractivity contribution < 1.29 is 9.47 Å². The maximum absolute atomic E-state index is 5.68. The topological polar surface area (TPSA) is 54.9 Å². The zero-order valence-electron chi connectivity index (χ0n) is 12.9. The van der Waals surface area contributed by atoms with Gasteiger partial charge in [-0.3, -0.25) is 4.99 Å². The number of halogens is 1. The predicted octanol–water partition coefficient (Wildman–Crippen LogP) is 2.62. The molecular formula is C15H24BrN3O2S. The molecule has 1 fully saturated rings. The molecule has 0 amide bonds. The SMILES string of the molecule is CN=C(NCCCOCC1CCOC1)NCc1ccc(Br)s1. The summed E-state index contributed by atoms with van der Waals surface area (Å²) in [6, 6.07) is 4.17. The first-order valence-corrected chi connectivity index (χ1v) is 9.23. The summed E-state index contributed by atoms with van der Waals surface area (Å²) < 4.78 is 12.2. The molecule has 1 unspecified atom stereocenters. The van der Waals surface area contributed by atoms with Crippen LogP contribution in [0.5, 0.6) is 0 Å². The summed E-state index contributed by atoms with van der Waals surface area (Å²) in [4.78, 5) is 5.50. The number of thiophene rings is 1. The highest BCUT2D eigenvalue weighted by molar-refractivity contribution is 9.11. The van der Waals surface area contributed by atoms with Gasteiger partial charge in [-0.05, 0) is 40.9 Å². The van der Waals surface area contributed by atoms with Crippen LogP contribution < -0.4 is 10.6 Å². The number of guanidine groups is 1. The fraction of sp³-hybridized carbons (Fsp3) is 0.667. The lowest BCUT2D eigenvalue weighted by atomic mass is 10.1. The van der Waals surface area contributed by atoms with Crippen molar-refractivity contribution in [2.45, 2.75) is 19.4 Å². The van der Waals surface area contributed by atoms with Gasteiger partial charge in [-0.1, -0.05) is 0 Å². The first-order valence-electron chi connectivity index (χ1n) is 7.62. The van der Waals surface area contributed by atoms with E-state index in [1.807, 2.05) is 0 Å². The van der Waals surface area contributed by atoms with E-state index in [2.05, 4.69) is 43.7 Å². The largest absolute Gasteiger partial charge is 0.381 e. The molecule has 0 saturated carbocycles. The van der Waals surface area contributed by atoms with E-state index in [9.17, 15) is 0 Å². The maximum atomic E-state index is 5.68. The van der Waals surface area contributed by atoms with Crippen LogP contribution in [0.1, 0.15) is 17.7 Å². The second kappa shape index (κ2) is 10.2. The van der Waals surface area contributed by atoms with E-state index >= 15 is 0 Å². The highest BCUT2D eigenvalue weighted by Crippen LogP contribution is 2.21. The molecule has 0 radical (unpaired) electrons. The fourth-order valence-electron chi connectivity index (χ4n) is 2.18. The van der Waals surface area contributed by atoms with Crippen molar-refractivity contribution in [2.24, 2.45) is 10.9 Å². The lowest BCUT2D eigenvalue weighted by Gasteiger charge is -2.12. The van der Waals surface area contributed by atoms with Crippen molar-refractivity contribution in [2.75, 3.05) is 40.0 Å². The van der Waals surface area contributed by atoms with E-state index in [1.54, 1.807) is 18.4 Å². The minimum Gasteiger partial charge on any atom is -0.381 e. The van der Waals surface area contributed by atoms with Crippen LogP contribution in [0.15, 0.2) is 20.9 Å². The number of nitrogens with one attached hydrogen (secondary N) is 2. The molecule has 5 nitrogen and oxygen atoms in total. The summed E-state index contributed by atoms with van der Waals surface area (Å²) in [5.41, 5.74) is 0. The Hall–Kier alpha value is -0.630. The molecule has 0 spiro atoms. The standard InChI is InChI=1S/C15H24BrN3O2S/c1-17-15(19-9-13-3-4-14(16)22-13)18-6-2-7-20-10-12-5-8-21-11-12/h3-4,12H,2,5-11H2,1H3,(H2,17,18,19). The Balaban J connectivity index is 1.50. The van der Waals surface area contributed by atoms with E-state index in [1.165, 1.54) is 4.88 Å². The Bertz CT molecular complexity index is 461. The Morgan fingerprint density at radius 2 is 2.41 bits per heavy atom. The molecule has 0 aliphatic carbocycles. The summed E-state index contributed by atoms with van der Waals surface area (Å²) in [7, 11) is 1.79. The Morgan fingerprint density at radius 1 is 1.50 bits per heavy atom. The van der Waals surface area contributed by atoms with Crippen molar-refractivity contribution in [3.63, 3.8) is 0 Å². The van der Waals surface area contributed by atoms with Gasteiger partial charge in [0.05, 0.1) is 23.5 Å². The van der Waals surface area contributed by atoms with Gasteiger partial charge in [0.2, 0.25) is 0 Å². The molecule has 7 heteroatoms. The summed E-state index contributed by atoms with van der Waals surface area (Å²) >= 11 is 5.20. The molecule has 124 valence electrons. The van der Waals surface area contributed by atoms with Crippen molar-refractivity contribution >= 4 is 33.2 Å². The van der Waals surface area contributed by atoms with Crippen LogP contribution >= 0.6 is 27.3 Å². The molecule has 1 aliphatic heterocycles. The molecule has 1 aliphatic rings. The minimum atomic E-state index is 0.590. The zero-order chi connectivity index (χ0) is 15.6. The smallest absolute Gasteiger partial charge is 0.191 e. The van der Waals surface area contributed by atoms with Crippen LogP contribution in [0.2, 0.25) is 0 Å². The van der Waals surface area contributed by atoms with Gasteiger partial charge in [0.15, 0.2) is 5.96 Å². The van der Waals surface area contributed by atoms with Gasteiger partial charge >= 0.3 is 0 Å². The highest BCUT2D eigenvalue weighted by atomic mass is 79.9. The molecule has 1 aromatic heterocycles. The minimum absolute atomic E-state index is 0.590. The third-order valence-corrected chi connectivity index (χ3v) is 5.04. The molecular weight excluding hydrogens is 366 g/mol. The lowest BCUT2D eigenvalue weighted by Crippen LogP contribution is -2.37.